The first-order chi connectivity index (χ1) is 10.3. The second kappa shape index (κ2) is 7.07. The van der Waals surface area contributed by atoms with Gasteiger partial charge in [-0.15, -0.1) is 0 Å². The molecular formula is C16H24BrN3O. The zero-order chi connectivity index (χ0) is 14.7. The van der Waals surface area contributed by atoms with Crippen LogP contribution in [0.25, 0.3) is 0 Å². The van der Waals surface area contributed by atoms with Crippen molar-refractivity contribution in [3.05, 3.63) is 22.3 Å². The molecule has 2 aliphatic rings. The van der Waals surface area contributed by atoms with Gasteiger partial charge in [0.15, 0.2) is 0 Å². The number of hydrogen-bond acceptors (Lipinski definition) is 4. The number of hydrogen-bond donors (Lipinski definition) is 1. The van der Waals surface area contributed by atoms with E-state index in [0.717, 1.165) is 42.6 Å². The summed E-state index contributed by atoms with van der Waals surface area (Å²) in [6, 6.07) is 2.93. The summed E-state index contributed by atoms with van der Waals surface area (Å²) in [7, 11) is 1.80. The van der Waals surface area contributed by atoms with Gasteiger partial charge in [-0.25, -0.2) is 4.98 Å². The highest BCUT2D eigenvalue weighted by Gasteiger charge is 2.24. The minimum Gasteiger partial charge on any atom is -0.384 e. The highest BCUT2D eigenvalue weighted by molar-refractivity contribution is 9.10. The number of methoxy groups -OCH3 is 1. The van der Waals surface area contributed by atoms with Crippen molar-refractivity contribution in [2.24, 2.45) is 5.92 Å². The van der Waals surface area contributed by atoms with Crippen LogP contribution in [0.15, 0.2) is 16.7 Å². The predicted molar refractivity (Wildman–Crippen MR) is 88.6 cm³/mol. The molecule has 4 nitrogen and oxygen atoms in total. The number of ether oxygens (including phenoxy) is 1. The van der Waals surface area contributed by atoms with E-state index in [1.165, 1.54) is 31.2 Å². The van der Waals surface area contributed by atoms with Crippen molar-refractivity contribution in [2.45, 2.75) is 38.3 Å². The highest BCUT2D eigenvalue weighted by Crippen LogP contribution is 2.28. The fraction of sp³-hybridized carbons (Fsp3) is 0.688. The van der Waals surface area contributed by atoms with Gasteiger partial charge in [0.2, 0.25) is 0 Å². The summed E-state index contributed by atoms with van der Waals surface area (Å²) in [4.78, 5) is 7.11. The standard InChI is InChI=1S/C16H24BrN3O/c1-21-11-12-4-6-20(7-5-12)16-13(8-14(17)10-19-16)9-18-15-2-3-15/h8,10,12,15,18H,2-7,9,11H2,1H3. The monoisotopic (exact) mass is 353 g/mol. The first-order valence-corrected chi connectivity index (χ1v) is 8.67. The van der Waals surface area contributed by atoms with Crippen LogP contribution in [0.3, 0.4) is 0 Å². The molecule has 5 heteroatoms. The van der Waals surface area contributed by atoms with Gasteiger partial charge in [-0.1, -0.05) is 0 Å². The van der Waals surface area contributed by atoms with E-state index >= 15 is 0 Å². The number of rotatable bonds is 6. The lowest BCUT2D eigenvalue weighted by Gasteiger charge is -2.33. The van der Waals surface area contributed by atoms with Crippen LogP contribution in [-0.4, -0.2) is 37.8 Å². The second-order valence-corrected chi connectivity index (χ2v) is 7.09. The van der Waals surface area contributed by atoms with Crippen LogP contribution >= 0.6 is 15.9 Å². The Morgan fingerprint density at radius 3 is 2.76 bits per heavy atom. The van der Waals surface area contributed by atoms with Gasteiger partial charge in [0.1, 0.15) is 5.82 Å². The maximum Gasteiger partial charge on any atom is 0.133 e. The molecule has 2 heterocycles. The van der Waals surface area contributed by atoms with E-state index in [4.69, 9.17) is 4.74 Å². The first kappa shape index (κ1) is 15.3. The summed E-state index contributed by atoms with van der Waals surface area (Å²) in [5, 5.41) is 3.60. The molecule has 1 saturated heterocycles. The number of aromatic nitrogens is 1. The molecule has 3 rings (SSSR count). The molecule has 1 aromatic heterocycles. The van der Waals surface area contributed by atoms with Crippen molar-refractivity contribution in [1.82, 2.24) is 10.3 Å². The van der Waals surface area contributed by atoms with E-state index in [-0.39, 0.29) is 0 Å². The third-order valence-corrected chi connectivity index (χ3v) is 4.82. The lowest BCUT2D eigenvalue weighted by Crippen LogP contribution is -2.36. The molecule has 1 aliphatic heterocycles. The Labute approximate surface area is 135 Å². The molecule has 0 amide bonds. The molecule has 0 unspecified atom stereocenters. The highest BCUT2D eigenvalue weighted by atomic mass is 79.9. The van der Waals surface area contributed by atoms with Crippen molar-refractivity contribution >= 4 is 21.7 Å². The van der Waals surface area contributed by atoms with E-state index in [9.17, 15) is 0 Å². The molecule has 2 fully saturated rings. The van der Waals surface area contributed by atoms with E-state index in [1.54, 1.807) is 7.11 Å². The molecule has 1 aromatic rings. The van der Waals surface area contributed by atoms with Crippen LogP contribution in [0.1, 0.15) is 31.2 Å². The van der Waals surface area contributed by atoms with Gasteiger partial charge in [0.05, 0.1) is 0 Å². The molecular weight excluding hydrogens is 330 g/mol. The van der Waals surface area contributed by atoms with Crippen LogP contribution in [-0.2, 0) is 11.3 Å². The largest absolute Gasteiger partial charge is 0.384 e. The normalized spacial score (nSPS) is 20.0. The molecule has 0 spiro atoms. The van der Waals surface area contributed by atoms with E-state index in [2.05, 4.69) is 37.2 Å². The van der Waals surface area contributed by atoms with Crippen LogP contribution in [0, 0.1) is 5.92 Å². The van der Waals surface area contributed by atoms with Crippen LogP contribution < -0.4 is 10.2 Å². The maximum absolute atomic E-state index is 5.28. The van der Waals surface area contributed by atoms with Crippen molar-refractivity contribution in [3.63, 3.8) is 0 Å². The third kappa shape index (κ3) is 4.18. The Morgan fingerprint density at radius 1 is 1.33 bits per heavy atom. The van der Waals surface area contributed by atoms with Gasteiger partial charge in [-0.2, -0.15) is 0 Å². The van der Waals surface area contributed by atoms with Gasteiger partial charge in [-0.3, -0.25) is 0 Å². The van der Waals surface area contributed by atoms with E-state index in [0.29, 0.717) is 5.92 Å². The zero-order valence-corrected chi connectivity index (χ0v) is 14.2. The number of anilines is 1. The van der Waals surface area contributed by atoms with Crippen LogP contribution in [0.5, 0.6) is 0 Å². The van der Waals surface area contributed by atoms with Crippen LogP contribution in [0.4, 0.5) is 5.82 Å². The number of nitrogens with one attached hydrogen (secondary N) is 1. The second-order valence-electron chi connectivity index (χ2n) is 6.18. The minimum absolute atomic E-state index is 0.703. The number of piperidine rings is 1. The zero-order valence-electron chi connectivity index (χ0n) is 12.6. The molecule has 0 atom stereocenters. The summed E-state index contributed by atoms with van der Waals surface area (Å²) in [6.45, 7) is 3.97. The Kier molecular flexibility index (Phi) is 5.14. The summed E-state index contributed by atoms with van der Waals surface area (Å²) in [5.41, 5.74) is 1.31. The summed E-state index contributed by atoms with van der Waals surface area (Å²) in [6.07, 6.45) is 6.94. The van der Waals surface area contributed by atoms with Gasteiger partial charge >= 0.3 is 0 Å². The Hall–Kier alpha value is -0.650. The topological polar surface area (TPSA) is 37.4 Å². The van der Waals surface area contributed by atoms with Crippen molar-refractivity contribution in [1.29, 1.82) is 0 Å². The summed E-state index contributed by atoms with van der Waals surface area (Å²) >= 11 is 3.55. The molecule has 116 valence electrons. The van der Waals surface area contributed by atoms with Gasteiger partial charge < -0.3 is 15.0 Å². The quantitative estimate of drug-likeness (QED) is 0.852. The van der Waals surface area contributed by atoms with Gasteiger partial charge in [0, 0.05) is 55.6 Å². The Morgan fingerprint density at radius 2 is 2.10 bits per heavy atom. The number of pyridine rings is 1. The molecule has 1 saturated carbocycles. The molecule has 21 heavy (non-hydrogen) atoms. The summed E-state index contributed by atoms with van der Waals surface area (Å²) in [5.74, 6) is 1.86. The number of halogens is 1. The summed E-state index contributed by atoms with van der Waals surface area (Å²) < 4.78 is 6.35. The van der Waals surface area contributed by atoms with E-state index < -0.39 is 0 Å². The average Bonchev–Trinajstić information content (AvgIpc) is 3.31. The average molecular weight is 354 g/mol. The molecule has 0 bridgehead atoms. The van der Waals surface area contributed by atoms with Crippen LogP contribution in [0.2, 0.25) is 0 Å². The van der Waals surface area contributed by atoms with Crippen molar-refractivity contribution in [2.75, 3.05) is 31.7 Å². The number of nitrogens with zero attached hydrogens (tertiary/aromatic N) is 2. The fourth-order valence-corrected chi connectivity index (χ4v) is 3.36. The SMILES string of the molecule is COCC1CCN(c2ncc(Br)cc2CNC2CC2)CC1. The molecule has 1 N–H and O–H groups in total. The smallest absolute Gasteiger partial charge is 0.133 e. The Balaban J connectivity index is 1.66. The molecule has 1 aliphatic carbocycles. The molecule has 0 radical (unpaired) electrons. The lowest BCUT2D eigenvalue weighted by atomic mass is 9.97. The third-order valence-electron chi connectivity index (χ3n) is 4.38. The maximum atomic E-state index is 5.28. The predicted octanol–water partition coefficient (Wildman–Crippen LogP) is 2.96. The van der Waals surface area contributed by atoms with Crippen molar-refractivity contribution in [3.8, 4) is 0 Å². The Bertz CT molecular complexity index is 471. The minimum atomic E-state index is 0.703. The molecule has 0 aromatic carbocycles. The fourth-order valence-electron chi connectivity index (χ4n) is 2.98. The van der Waals surface area contributed by atoms with E-state index in [1.807, 2.05) is 6.20 Å². The lowest BCUT2D eigenvalue weighted by molar-refractivity contribution is 0.139. The van der Waals surface area contributed by atoms with Crippen molar-refractivity contribution < 1.29 is 4.74 Å². The van der Waals surface area contributed by atoms with Gasteiger partial charge in [0.25, 0.3) is 0 Å². The van der Waals surface area contributed by atoms with Gasteiger partial charge in [-0.05, 0) is 53.6 Å². The first-order valence-electron chi connectivity index (χ1n) is 7.88.